The third-order valence-corrected chi connectivity index (χ3v) is 6.61. The van der Waals surface area contributed by atoms with E-state index in [1.54, 1.807) is 43.5 Å². The van der Waals surface area contributed by atoms with Crippen LogP contribution >= 0.6 is 0 Å². The van der Waals surface area contributed by atoms with Gasteiger partial charge in [0, 0.05) is 38.5 Å². The molecule has 10 heteroatoms. The largest absolute Gasteiger partial charge is 0.494 e. The maximum Gasteiger partial charge on any atom is 0.250 e. The lowest BCUT2D eigenvalue weighted by Crippen LogP contribution is -2.45. The number of hydrogen-bond acceptors (Lipinski definition) is 8. The number of aromatic nitrogens is 2. The van der Waals surface area contributed by atoms with Crippen LogP contribution in [0.15, 0.2) is 24.4 Å². The average Bonchev–Trinajstić information content (AvgIpc) is 3.35. The van der Waals surface area contributed by atoms with Gasteiger partial charge in [0.05, 0.1) is 24.4 Å². The smallest absolute Gasteiger partial charge is 0.250 e. The van der Waals surface area contributed by atoms with Gasteiger partial charge in [-0.1, -0.05) is 12.8 Å². The first kappa shape index (κ1) is 24.7. The van der Waals surface area contributed by atoms with Crippen molar-refractivity contribution in [2.45, 2.75) is 45.6 Å². The molecule has 0 radical (unpaired) electrons. The Hall–Kier alpha value is -3.40. The van der Waals surface area contributed by atoms with Gasteiger partial charge < -0.3 is 29.9 Å². The third-order valence-electron chi connectivity index (χ3n) is 6.61. The van der Waals surface area contributed by atoms with Crippen LogP contribution in [0, 0.1) is 5.41 Å². The number of benzene rings is 1. The summed E-state index contributed by atoms with van der Waals surface area (Å²) in [5.74, 6) is 1.49. The molecule has 0 bridgehead atoms. The van der Waals surface area contributed by atoms with Gasteiger partial charge in [-0.25, -0.2) is 4.98 Å². The fourth-order valence-electron chi connectivity index (χ4n) is 4.85. The van der Waals surface area contributed by atoms with Crippen LogP contribution in [0.25, 0.3) is 0 Å². The van der Waals surface area contributed by atoms with Crippen LogP contribution in [0.1, 0.15) is 39.5 Å². The zero-order chi connectivity index (χ0) is 25.2. The van der Waals surface area contributed by atoms with Crippen molar-refractivity contribution in [3.63, 3.8) is 0 Å². The van der Waals surface area contributed by atoms with Crippen molar-refractivity contribution in [1.29, 1.82) is 0 Å². The summed E-state index contributed by atoms with van der Waals surface area (Å²) in [5, 5.41) is 6.01. The summed E-state index contributed by atoms with van der Waals surface area (Å²) in [6, 6.07) is 5.63. The lowest BCUT2D eigenvalue weighted by Gasteiger charge is -2.34. The van der Waals surface area contributed by atoms with E-state index < -0.39 is 5.41 Å². The van der Waals surface area contributed by atoms with Gasteiger partial charge >= 0.3 is 0 Å². The van der Waals surface area contributed by atoms with E-state index in [2.05, 4.69) is 20.5 Å². The van der Waals surface area contributed by atoms with E-state index >= 15 is 0 Å². The van der Waals surface area contributed by atoms with Crippen molar-refractivity contribution in [3.8, 4) is 5.75 Å². The molecule has 1 saturated carbocycles. The first-order valence-corrected chi connectivity index (χ1v) is 11.9. The van der Waals surface area contributed by atoms with Gasteiger partial charge in [-0.15, -0.1) is 0 Å². The molecule has 1 aliphatic heterocycles. The Labute approximate surface area is 206 Å². The molecule has 0 atom stereocenters. The van der Waals surface area contributed by atoms with Crippen LogP contribution in [-0.4, -0.2) is 62.2 Å². The lowest BCUT2D eigenvalue weighted by molar-refractivity contribution is -0.125. The number of amides is 2. The second-order valence-electron chi connectivity index (χ2n) is 9.74. The second kappa shape index (κ2) is 10.1. The minimum Gasteiger partial charge on any atom is -0.494 e. The normalized spacial score (nSPS) is 17.7. The monoisotopic (exact) mass is 482 g/mol. The Morgan fingerprint density at radius 2 is 1.97 bits per heavy atom. The van der Waals surface area contributed by atoms with Gasteiger partial charge in [0.1, 0.15) is 18.0 Å². The van der Waals surface area contributed by atoms with Gasteiger partial charge in [0.15, 0.2) is 5.82 Å². The van der Waals surface area contributed by atoms with Crippen LogP contribution in [0.3, 0.4) is 0 Å². The van der Waals surface area contributed by atoms with Gasteiger partial charge in [-0.05, 0) is 38.8 Å². The van der Waals surface area contributed by atoms with Crippen LogP contribution in [0.2, 0.25) is 0 Å². The number of fused-ring (bicyclic) bond motifs is 1. The van der Waals surface area contributed by atoms with Crippen molar-refractivity contribution < 1.29 is 19.1 Å². The molecule has 0 unspecified atom stereocenters. The van der Waals surface area contributed by atoms with E-state index in [1.807, 2.05) is 13.8 Å². The van der Waals surface area contributed by atoms with Crippen LogP contribution in [0.4, 0.5) is 28.8 Å². The Kier molecular flexibility index (Phi) is 7.11. The number of carbonyl (C=O) groups is 2. The third kappa shape index (κ3) is 5.17. The molecule has 2 aromatic rings. The fourth-order valence-corrected chi connectivity index (χ4v) is 4.85. The SMILES string of the molecule is COCC(=O)Nc1ccc(Nc2ncc3c(n2)N(C2CCCC2)CC(C)(C)C(=O)N3C)c(OC)c1. The van der Waals surface area contributed by atoms with Crippen molar-refractivity contribution in [2.75, 3.05) is 54.9 Å². The highest BCUT2D eigenvalue weighted by Gasteiger charge is 2.41. The van der Waals surface area contributed by atoms with Crippen molar-refractivity contribution >= 4 is 40.6 Å². The average molecular weight is 483 g/mol. The number of methoxy groups -OCH3 is 2. The minimum absolute atomic E-state index is 0.0312. The van der Waals surface area contributed by atoms with Crippen molar-refractivity contribution in [2.24, 2.45) is 5.41 Å². The molecule has 188 valence electrons. The molecule has 1 aromatic heterocycles. The fraction of sp³-hybridized carbons (Fsp3) is 0.520. The van der Waals surface area contributed by atoms with E-state index in [0.717, 1.165) is 18.7 Å². The molecule has 0 spiro atoms. The standard InChI is InChI=1S/C25H34N6O4/c1-25(2)15-31(17-8-6-7-9-17)22-19(30(3)23(25)33)13-26-24(29-22)28-18-11-10-16(12-20(18)35-5)27-21(32)14-34-4/h10-13,17H,6-9,14-15H2,1-5H3,(H,27,32)(H,26,28,29). The molecule has 4 rings (SSSR count). The quantitative estimate of drug-likeness (QED) is 0.617. The predicted octanol–water partition coefficient (Wildman–Crippen LogP) is 3.57. The number of hydrogen-bond donors (Lipinski definition) is 2. The van der Waals surface area contributed by atoms with Crippen molar-refractivity contribution in [3.05, 3.63) is 24.4 Å². The zero-order valence-corrected chi connectivity index (χ0v) is 21.1. The van der Waals surface area contributed by atoms with Crippen LogP contribution < -0.4 is 25.2 Å². The van der Waals surface area contributed by atoms with Crippen molar-refractivity contribution in [1.82, 2.24) is 9.97 Å². The summed E-state index contributed by atoms with van der Waals surface area (Å²) >= 11 is 0. The van der Waals surface area contributed by atoms with E-state index in [0.29, 0.717) is 41.3 Å². The highest BCUT2D eigenvalue weighted by molar-refractivity contribution is 6.01. The number of nitrogens with zero attached hydrogens (tertiary/aromatic N) is 4. The summed E-state index contributed by atoms with van der Waals surface area (Å²) in [7, 11) is 4.82. The van der Waals surface area contributed by atoms with Gasteiger partial charge in [0.2, 0.25) is 17.8 Å². The molecule has 1 aromatic carbocycles. The molecule has 0 saturated heterocycles. The Bertz CT molecular complexity index is 1100. The minimum atomic E-state index is -0.544. The van der Waals surface area contributed by atoms with Gasteiger partial charge in [-0.3, -0.25) is 9.59 Å². The molecule has 35 heavy (non-hydrogen) atoms. The Morgan fingerprint density at radius 1 is 1.23 bits per heavy atom. The molecular weight excluding hydrogens is 448 g/mol. The summed E-state index contributed by atoms with van der Waals surface area (Å²) < 4.78 is 10.4. The summed E-state index contributed by atoms with van der Waals surface area (Å²) in [6.45, 7) is 4.55. The van der Waals surface area contributed by atoms with Crippen LogP contribution in [0.5, 0.6) is 5.75 Å². The molecule has 2 amide bonds. The first-order valence-electron chi connectivity index (χ1n) is 11.9. The van der Waals surface area contributed by atoms with Crippen LogP contribution in [-0.2, 0) is 14.3 Å². The highest BCUT2D eigenvalue weighted by atomic mass is 16.5. The van der Waals surface area contributed by atoms with E-state index in [9.17, 15) is 9.59 Å². The molecule has 1 fully saturated rings. The maximum absolute atomic E-state index is 13.2. The predicted molar refractivity (Wildman–Crippen MR) is 136 cm³/mol. The Morgan fingerprint density at radius 3 is 2.66 bits per heavy atom. The topological polar surface area (TPSA) is 109 Å². The van der Waals surface area contributed by atoms with Gasteiger partial charge in [-0.2, -0.15) is 4.98 Å². The van der Waals surface area contributed by atoms with Gasteiger partial charge in [0.25, 0.3) is 0 Å². The number of anilines is 5. The molecular formula is C25H34N6O4. The molecule has 2 aliphatic rings. The molecule has 1 aliphatic carbocycles. The summed E-state index contributed by atoms with van der Waals surface area (Å²) in [4.78, 5) is 38.4. The van der Waals surface area contributed by atoms with E-state index in [1.165, 1.54) is 20.0 Å². The maximum atomic E-state index is 13.2. The number of nitrogens with one attached hydrogen (secondary N) is 2. The summed E-state index contributed by atoms with van der Waals surface area (Å²) in [6.07, 6.45) is 6.25. The number of ether oxygens (including phenoxy) is 2. The second-order valence-corrected chi connectivity index (χ2v) is 9.74. The first-order chi connectivity index (χ1) is 16.7. The zero-order valence-electron chi connectivity index (χ0n) is 21.1. The van der Waals surface area contributed by atoms with E-state index in [4.69, 9.17) is 14.5 Å². The molecule has 2 heterocycles. The lowest BCUT2D eigenvalue weighted by atomic mass is 9.91. The molecule has 2 N–H and O–H groups in total. The highest BCUT2D eigenvalue weighted by Crippen LogP contribution is 2.40. The number of rotatable bonds is 7. The van der Waals surface area contributed by atoms with E-state index in [-0.39, 0.29) is 18.4 Å². The summed E-state index contributed by atoms with van der Waals surface area (Å²) in [5.41, 5.74) is 1.41. The Balaban J connectivity index is 1.66. The molecule has 10 nitrogen and oxygen atoms in total. The number of carbonyl (C=O) groups excluding carboxylic acids is 2.